The molecule has 0 amide bonds. The van der Waals surface area contributed by atoms with Gasteiger partial charge in [-0.05, 0) is 32.4 Å². The van der Waals surface area contributed by atoms with Crippen molar-refractivity contribution in [2.24, 2.45) is 4.99 Å². The first-order valence-corrected chi connectivity index (χ1v) is 10.1. The van der Waals surface area contributed by atoms with Gasteiger partial charge >= 0.3 is 0 Å². The zero-order valence-corrected chi connectivity index (χ0v) is 16.4. The molecule has 2 aromatic heterocycles. The smallest absolute Gasteiger partial charge is 0.194 e. The van der Waals surface area contributed by atoms with E-state index in [1.807, 2.05) is 12.3 Å². The van der Waals surface area contributed by atoms with Crippen molar-refractivity contribution in [1.82, 2.24) is 0 Å². The monoisotopic (exact) mass is 377 g/mol. The lowest BCUT2D eigenvalue weighted by molar-refractivity contribution is 0.0981. The fourth-order valence-electron chi connectivity index (χ4n) is 2.36. The first-order chi connectivity index (χ1) is 11.9. The molecular weight excluding hydrogens is 354 g/mol. The Hall–Kier alpha value is -1.79. The lowest BCUT2D eigenvalue weighted by Crippen LogP contribution is -2.04. The molecule has 6 heteroatoms. The topological polar surface area (TPSA) is 66.7 Å². The standard InChI is InChI=1S/C19H23NO3S2/c1-4-5-6-7-15(21)17-8-9-18(25-17)16(22)10-20-12(2)14-11-24-13(3)19(14)23/h8-9,11,23H,4-7,10H2,1-3H3. The van der Waals surface area contributed by atoms with E-state index < -0.39 is 0 Å². The number of carbonyl (C=O) groups excluding carboxylic acids is 2. The number of aliphatic imine (C=N–C) groups is 1. The van der Waals surface area contributed by atoms with Crippen LogP contribution in [0.3, 0.4) is 0 Å². The fraction of sp³-hybridized carbons (Fsp3) is 0.421. The largest absolute Gasteiger partial charge is 0.506 e. The van der Waals surface area contributed by atoms with Crippen LogP contribution in [0.1, 0.15) is 69.3 Å². The van der Waals surface area contributed by atoms with Crippen molar-refractivity contribution in [3.8, 4) is 5.75 Å². The molecule has 0 fully saturated rings. The Kier molecular flexibility index (Phi) is 7.08. The van der Waals surface area contributed by atoms with E-state index in [1.54, 1.807) is 19.1 Å². The van der Waals surface area contributed by atoms with Crippen LogP contribution < -0.4 is 0 Å². The van der Waals surface area contributed by atoms with Crippen molar-refractivity contribution >= 4 is 40.0 Å². The highest BCUT2D eigenvalue weighted by Gasteiger charge is 2.14. The van der Waals surface area contributed by atoms with Crippen LogP contribution in [0.2, 0.25) is 0 Å². The molecule has 25 heavy (non-hydrogen) atoms. The van der Waals surface area contributed by atoms with Crippen LogP contribution in [-0.2, 0) is 0 Å². The van der Waals surface area contributed by atoms with Gasteiger partial charge in [0, 0.05) is 28.0 Å². The fourth-order valence-corrected chi connectivity index (χ4v) is 4.06. The third-order valence-electron chi connectivity index (χ3n) is 3.95. The maximum absolute atomic E-state index is 12.3. The average molecular weight is 378 g/mol. The van der Waals surface area contributed by atoms with Gasteiger partial charge < -0.3 is 5.11 Å². The van der Waals surface area contributed by atoms with Gasteiger partial charge in [-0.2, -0.15) is 0 Å². The van der Waals surface area contributed by atoms with Gasteiger partial charge in [0.25, 0.3) is 0 Å². The number of rotatable bonds is 9. The molecule has 0 bridgehead atoms. The highest BCUT2D eigenvalue weighted by molar-refractivity contribution is 7.16. The lowest BCUT2D eigenvalue weighted by Gasteiger charge is -2.00. The van der Waals surface area contributed by atoms with Crippen molar-refractivity contribution in [2.45, 2.75) is 46.5 Å². The molecule has 0 aromatic carbocycles. The van der Waals surface area contributed by atoms with Crippen LogP contribution in [0.25, 0.3) is 0 Å². The molecule has 2 rings (SSSR count). The SMILES string of the molecule is CCCCCC(=O)c1ccc(C(=O)CN=C(C)c2csc(C)c2O)s1. The third-order valence-corrected chi connectivity index (χ3v) is 6.02. The molecule has 0 saturated heterocycles. The van der Waals surface area contributed by atoms with Crippen LogP contribution in [-0.4, -0.2) is 28.9 Å². The van der Waals surface area contributed by atoms with E-state index in [2.05, 4.69) is 11.9 Å². The number of carbonyl (C=O) groups is 2. The van der Waals surface area contributed by atoms with Gasteiger partial charge in [0.15, 0.2) is 11.6 Å². The summed E-state index contributed by atoms with van der Waals surface area (Å²) in [4.78, 5) is 30.7. The number of hydrogen-bond donors (Lipinski definition) is 1. The second kappa shape index (κ2) is 9.06. The number of hydrogen-bond acceptors (Lipinski definition) is 6. The molecule has 1 N–H and O–H groups in total. The molecule has 4 nitrogen and oxygen atoms in total. The zero-order chi connectivity index (χ0) is 18.4. The normalized spacial score (nSPS) is 11.7. The van der Waals surface area contributed by atoms with Gasteiger partial charge in [-0.15, -0.1) is 22.7 Å². The molecular formula is C19H23NO3S2. The summed E-state index contributed by atoms with van der Waals surface area (Å²) in [6.45, 7) is 5.74. The van der Waals surface area contributed by atoms with Gasteiger partial charge in [0.05, 0.1) is 9.75 Å². The number of thiophene rings is 2. The van der Waals surface area contributed by atoms with E-state index in [4.69, 9.17) is 0 Å². The summed E-state index contributed by atoms with van der Waals surface area (Å²) in [5.41, 5.74) is 1.32. The molecule has 0 unspecified atom stereocenters. The molecule has 0 radical (unpaired) electrons. The number of Topliss-reactive ketones (excluding diaryl/α,β-unsaturated/α-hetero) is 2. The van der Waals surface area contributed by atoms with Crippen molar-refractivity contribution in [3.63, 3.8) is 0 Å². The molecule has 0 spiro atoms. The summed E-state index contributed by atoms with van der Waals surface area (Å²) in [6.07, 6.45) is 3.56. The Labute approximate surface area is 156 Å². The Balaban J connectivity index is 1.98. The first-order valence-electron chi connectivity index (χ1n) is 8.38. The number of aryl methyl sites for hydroxylation is 1. The van der Waals surface area contributed by atoms with Gasteiger partial charge in [0.2, 0.25) is 0 Å². The molecule has 2 aromatic rings. The van der Waals surface area contributed by atoms with Crippen LogP contribution in [0.4, 0.5) is 0 Å². The Morgan fingerprint density at radius 1 is 1.16 bits per heavy atom. The number of ketones is 2. The molecule has 0 saturated carbocycles. The Morgan fingerprint density at radius 2 is 1.84 bits per heavy atom. The summed E-state index contributed by atoms with van der Waals surface area (Å²) < 4.78 is 0. The van der Waals surface area contributed by atoms with Crippen molar-refractivity contribution < 1.29 is 14.7 Å². The molecule has 0 aliphatic heterocycles. The van der Waals surface area contributed by atoms with Crippen LogP contribution in [0.15, 0.2) is 22.5 Å². The molecule has 0 aliphatic rings. The van der Waals surface area contributed by atoms with Crippen molar-refractivity contribution in [2.75, 3.05) is 6.54 Å². The summed E-state index contributed by atoms with van der Waals surface area (Å²) in [6, 6.07) is 3.44. The van der Waals surface area contributed by atoms with E-state index in [0.717, 1.165) is 24.1 Å². The van der Waals surface area contributed by atoms with Crippen LogP contribution in [0.5, 0.6) is 5.75 Å². The minimum absolute atomic E-state index is 0.0180. The van der Waals surface area contributed by atoms with Crippen molar-refractivity contribution in [3.05, 3.63) is 37.7 Å². The summed E-state index contributed by atoms with van der Waals surface area (Å²) in [5, 5.41) is 11.8. The predicted molar refractivity (Wildman–Crippen MR) is 105 cm³/mol. The number of unbranched alkanes of at least 4 members (excludes halogenated alkanes) is 2. The van der Waals surface area contributed by atoms with E-state index >= 15 is 0 Å². The Morgan fingerprint density at radius 3 is 2.44 bits per heavy atom. The Bertz CT molecular complexity index is 786. The highest BCUT2D eigenvalue weighted by Crippen LogP contribution is 2.29. The predicted octanol–water partition coefficient (Wildman–Crippen LogP) is 5.28. The molecule has 0 atom stereocenters. The van der Waals surface area contributed by atoms with Crippen LogP contribution >= 0.6 is 22.7 Å². The minimum atomic E-state index is -0.108. The van der Waals surface area contributed by atoms with Gasteiger partial charge in [0.1, 0.15) is 12.3 Å². The summed E-state index contributed by atoms with van der Waals surface area (Å²) in [5.74, 6) is 0.231. The van der Waals surface area contributed by atoms with E-state index in [9.17, 15) is 14.7 Å². The van der Waals surface area contributed by atoms with E-state index in [1.165, 1.54) is 22.7 Å². The van der Waals surface area contributed by atoms with Crippen molar-refractivity contribution in [1.29, 1.82) is 0 Å². The van der Waals surface area contributed by atoms with E-state index in [0.29, 0.717) is 27.5 Å². The minimum Gasteiger partial charge on any atom is -0.506 e. The second-order valence-electron chi connectivity index (χ2n) is 5.92. The maximum atomic E-state index is 12.3. The summed E-state index contributed by atoms with van der Waals surface area (Å²) >= 11 is 2.70. The van der Waals surface area contributed by atoms with E-state index in [-0.39, 0.29) is 23.9 Å². The first kappa shape index (κ1) is 19.5. The van der Waals surface area contributed by atoms with Crippen LogP contribution in [0, 0.1) is 6.92 Å². The lowest BCUT2D eigenvalue weighted by atomic mass is 10.1. The van der Waals surface area contributed by atoms with Gasteiger partial charge in [-0.3, -0.25) is 14.6 Å². The average Bonchev–Trinajstić information content (AvgIpc) is 3.21. The molecule has 134 valence electrons. The van der Waals surface area contributed by atoms with Gasteiger partial charge in [-0.1, -0.05) is 19.8 Å². The quantitative estimate of drug-likeness (QED) is 0.367. The zero-order valence-electron chi connectivity index (χ0n) is 14.8. The third kappa shape index (κ3) is 5.09. The molecule has 0 aliphatic carbocycles. The number of nitrogens with zero attached hydrogens (tertiary/aromatic N) is 1. The maximum Gasteiger partial charge on any atom is 0.194 e. The number of aromatic hydroxyl groups is 1. The second-order valence-corrected chi connectivity index (χ2v) is 8.09. The highest BCUT2D eigenvalue weighted by atomic mass is 32.1. The van der Waals surface area contributed by atoms with Gasteiger partial charge in [-0.25, -0.2) is 0 Å². The molecule has 2 heterocycles. The summed E-state index contributed by atoms with van der Waals surface area (Å²) in [7, 11) is 0.